The molecule has 2 fully saturated rings. The normalized spacial score (nSPS) is 13.6. The molecule has 10 rings (SSSR count). The van der Waals surface area contributed by atoms with Gasteiger partial charge in [-0.05, 0) is 142 Å². The molecule has 4 aromatic heterocycles. The summed E-state index contributed by atoms with van der Waals surface area (Å²) < 4.78 is 32.6. The van der Waals surface area contributed by atoms with E-state index in [0.717, 1.165) is 52.9 Å². The smallest absolute Gasteiger partial charge is 0.274 e. The van der Waals surface area contributed by atoms with Crippen LogP contribution in [-0.4, -0.2) is 80.6 Å². The number of nitrogens with zero attached hydrogens (tertiary/aromatic N) is 7. The quantitative estimate of drug-likeness (QED) is 0.0249. The molecule has 2 unspecified atom stereocenters. The number of thiazole rings is 2. The van der Waals surface area contributed by atoms with Crippen molar-refractivity contribution in [3.63, 3.8) is 0 Å². The van der Waals surface area contributed by atoms with E-state index >= 15 is 0 Å². The average Bonchev–Trinajstić information content (AvgIpc) is 4.16. The van der Waals surface area contributed by atoms with Crippen LogP contribution in [0.4, 0.5) is 25.8 Å². The summed E-state index contributed by atoms with van der Waals surface area (Å²) >= 11 is 3.09. The van der Waals surface area contributed by atoms with Crippen molar-refractivity contribution in [3.8, 4) is 11.4 Å². The van der Waals surface area contributed by atoms with Gasteiger partial charge in [-0.25, -0.2) is 33.0 Å². The molecule has 2 amide bonds. The van der Waals surface area contributed by atoms with Crippen LogP contribution >= 0.6 is 22.7 Å². The van der Waals surface area contributed by atoms with E-state index in [9.17, 15) is 18.4 Å². The van der Waals surface area contributed by atoms with Gasteiger partial charge >= 0.3 is 0 Å². The highest BCUT2D eigenvalue weighted by Gasteiger charge is 2.27. The predicted molar refractivity (Wildman–Crippen MR) is 300 cm³/mol. The lowest BCUT2D eigenvalue weighted by molar-refractivity contribution is 0.101. The second-order valence-corrected chi connectivity index (χ2v) is 20.5. The Bertz CT molecular complexity index is 3250. The largest absolute Gasteiger partial charge is 0.329 e. The summed E-state index contributed by atoms with van der Waals surface area (Å²) in [4.78, 5) is 38.9. The lowest BCUT2D eigenvalue weighted by atomic mass is 10.1. The Morgan fingerprint density at radius 3 is 1.58 bits per heavy atom. The molecule has 2 atom stereocenters. The number of carbonyl (C=O) groups excluding carboxylic acids is 2. The number of anilines is 2. The summed E-state index contributed by atoms with van der Waals surface area (Å²) in [5.41, 5.74) is 22.5. The number of carbonyl (C=O) groups is 2. The average molecular weight is 1080 g/mol. The van der Waals surface area contributed by atoms with E-state index in [1.165, 1.54) is 53.8 Å². The molecule has 8 aromatic rings. The van der Waals surface area contributed by atoms with Crippen LogP contribution < -0.4 is 43.8 Å². The first kappa shape index (κ1) is 55.8. The monoisotopic (exact) mass is 1080 g/mol. The minimum Gasteiger partial charge on any atom is -0.329 e. The molecule has 2 saturated carbocycles. The fourth-order valence-electron chi connectivity index (χ4n) is 8.23. The van der Waals surface area contributed by atoms with E-state index in [-0.39, 0.29) is 29.2 Å². The number of hydrogen-bond acceptors (Lipinski definition) is 14. The Kier molecular flexibility index (Phi) is 19.6. The number of nitrogens with one attached hydrogen (secondary N) is 5. The fraction of sp³-hybridized carbons (Fsp3) is 0.304. The first-order valence-corrected chi connectivity index (χ1v) is 27.2. The molecular weight excluding hydrogens is 1020 g/mol. The molecule has 0 saturated heterocycles. The fourth-order valence-corrected chi connectivity index (χ4v) is 9.70. The van der Waals surface area contributed by atoms with Crippen molar-refractivity contribution in [3.05, 3.63) is 193 Å². The Balaban J connectivity index is 0.000000181. The molecule has 400 valence electrons. The van der Waals surface area contributed by atoms with Gasteiger partial charge < -0.3 is 43.8 Å². The van der Waals surface area contributed by atoms with E-state index in [1.54, 1.807) is 96.0 Å². The zero-order chi connectivity index (χ0) is 54.3. The van der Waals surface area contributed by atoms with E-state index in [4.69, 9.17) is 23.8 Å². The highest BCUT2D eigenvalue weighted by Crippen LogP contribution is 2.34. The highest BCUT2D eigenvalue weighted by atomic mass is 32.1. The maximum atomic E-state index is 14.8. The third kappa shape index (κ3) is 15.4. The maximum Gasteiger partial charge on any atom is 0.274 e. The SMILES string of the molecule is Cc1cc(C(=O)Nc2cc(C(NCC3CC3)c3nccs3)ccc2F)n(-c2cccc(CN)c2)n1.NCCNCCN.[C-]#[N+]c1cccc(-n2nc(C)cc2C(=O)Nc2cc(C(NCC3CC3)c3nccs3)ccc2F)c1. The molecule has 17 nitrogen and oxygen atoms in total. The topological polar surface area (TPSA) is 238 Å². The van der Waals surface area contributed by atoms with Crippen LogP contribution in [0.2, 0.25) is 0 Å². The van der Waals surface area contributed by atoms with Crippen LogP contribution in [-0.2, 0) is 6.54 Å². The molecule has 11 N–H and O–H groups in total. The molecule has 2 aliphatic carbocycles. The standard InChI is InChI=1S/C26H23FN6OS.C26H27FN6OS.C4H13N3/c1-16-12-23(33(32-16)20-5-3-4-19(14-20)28-2)25(34)31-22-13-18(8-9-21(22)27)24(26-29-10-11-35-26)30-15-17-6-7-17;1-16-11-23(33(32-16)20-4-2-3-18(12-20)14-28)25(34)31-22-13-19(7-8-21(22)27)24(26-29-9-10-35-26)30-15-17-5-6-17;5-1-3-7-4-2-6/h3-5,8-14,17,24,30H,6-7,15H2,1H3,(H,31,34);2-4,7-13,17,24,30H,5-6,14-15,28H2,1H3,(H,31,34);7H,1-6H2. The molecule has 4 heterocycles. The van der Waals surface area contributed by atoms with Crippen molar-refractivity contribution in [2.24, 2.45) is 29.0 Å². The third-order valence-electron chi connectivity index (χ3n) is 12.5. The van der Waals surface area contributed by atoms with Crippen LogP contribution in [0.25, 0.3) is 16.2 Å². The summed E-state index contributed by atoms with van der Waals surface area (Å²) in [6.45, 7) is 16.1. The summed E-state index contributed by atoms with van der Waals surface area (Å²) in [6.07, 6.45) is 8.40. The van der Waals surface area contributed by atoms with E-state index < -0.39 is 23.4 Å². The number of amides is 2. The van der Waals surface area contributed by atoms with E-state index in [1.807, 2.05) is 41.9 Å². The summed E-state index contributed by atoms with van der Waals surface area (Å²) in [7, 11) is 0. The second-order valence-electron chi connectivity index (χ2n) is 18.7. The number of halogens is 2. The van der Waals surface area contributed by atoms with Gasteiger partial charge in [-0.3, -0.25) is 9.59 Å². The number of aryl methyl sites for hydroxylation is 2. The molecule has 0 spiro atoms. The molecule has 4 aromatic carbocycles. The van der Waals surface area contributed by atoms with Crippen LogP contribution in [0.1, 0.15) is 96.8 Å². The molecule has 21 heteroatoms. The molecule has 0 aliphatic heterocycles. The minimum atomic E-state index is -0.528. The van der Waals surface area contributed by atoms with Crippen molar-refractivity contribution >= 4 is 51.6 Å². The number of nitrogens with two attached hydrogens (primary N) is 3. The van der Waals surface area contributed by atoms with Crippen molar-refractivity contribution < 1.29 is 18.4 Å². The van der Waals surface area contributed by atoms with Gasteiger partial charge in [-0.2, -0.15) is 10.2 Å². The van der Waals surface area contributed by atoms with E-state index in [2.05, 4.69) is 51.6 Å². The van der Waals surface area contributed by atoms with Gasteiger partial charge in [0.15, 0.2) is 5.69 Å². The second kappa shape index (κ2) is 27.1. The third-order valence-corrected chi connectivity index (χ3v) is 14.2. The Morgan fingerprint density at radius 2 is 1.16 bits per heavy atom. The number of benzene rings is 4. The van der Waals surface area contributed by atoms with Gasteiger partial charge in [-0.1, -0.05) is 36.4 Å². The first-order chi connectivity index (χ1) is 37.4. The van der Waals surface area contributed by atoms with Crippen LogP contribution in [0.3, 0.4) is 0 Å². The zero-order valence-corrected chi connectivity index (χ0v) is 44.5. The lowest BCUT2D eigenvalue weighted by Gasteiger charge is -2.18. The predicted octanol–water partition coefficient (Wildman–Crippen LogP) is 8.74. The van der Waals surface area contributed by atoms with Gasteiger partial charge in [0, 0.05) is 55.9 Å². The van der Waals surface area contributed by atoms with Crippen molar-refractivity contribution in [1.29, 1.82) is 0 Å². The minimum absolute atomic E-state index is 0.0857. The van der Waals surface area contributed by atoms with Gasteiger partial charge in [0.25, 0.3) is 11.8 Å². The summed E-state index contributed by atoms with van der Waals surface area (Å²) in [6, 6.07) is 26.9. The highest BCUT2D eigenvalue weighted by molar-refractivity contribution is 7.09. The molecule has 2 aliphatic rings. The van der Waals surface area contributed by atoms with Gasteiger partial charge in [-0.15, -0.1) is 22.7 Å². The molecule has 0 radical (unpaired) electrons. The van der Waals surface area contributed by atoms with Gasteiger partial charge in [0.2, 0.25) is 0 Å². The van der Waals surface area contributed by atoms with Crippen molar-refractivity contribution in [1.82, 2.24) is 45.5 Å². The summed E-state index contributed by atoms with van der Waals surface area (Å²) in [5.74, 6) is -0.626. The van der Waals surface area contributed by atoms with Crippen LogP contribution in [0.15, 0.2) is 120 Å². The van der Waals surface area contributed by atoms with Gasteiger partial charge in [0.1, 0.15) is 33.0 Å². The van der Waals surface area contributed by atoms with Gasteiger partial charge in [0.05, 0.1) is 52.8 Å². The van der Waals surface area contributed by atoms with Crippen molar-refractivity contribution in [2.75, 3.05) is 49.9 Å². The molecular formula is C56H63F2N15O2S2. The van der Waals surface area contributed by atoms with Crippen molar-refractivity contribution in [2.45, 2.75) is 58.2 Å². The Labute approximate surface area is 454 Å². The Morgan fingerprint density at radius 1 is 0.675 bits per heavy atom. The van der Waals surface area contributed by atoms with E-state index in [0.29, 0.717) is 65.6 Å². The number of hydrogen-bond donors (Lipinski definition) is 8. The number of rotatable bonds is 21. The van der Waals surface area contributed by atoms with Crippen LogP contribution in [0.5, 0.6) is 0 Å². The molecule has 77 heavy (non-hydrogen) atoms. The maximum absolute atomic E-state index is 14.8. The van der Waals surface area contributed by atoms with Crippen LogP contribution in [0, 0.1) is 43.9 Å². The summed E-state index contributed by atoms with van der Waals surface area (Å²) in [5, 5.41) is 30.1. The lowest BCUT2D eigenvalue weighted by Crippen LogP contribution is -2.27. The number of aromatic nitrogens is 6. The Hall–Kier alpha value is -7.39. The molecule has 0 bridgehead atoms. The zero-order valence-electron chi connectivity index (χ0n) is 42.9. The first-order valence-electron chi connectivity index (χ1n) is 25.4.